The number of hydrogen-bond acceptors (Lipinski definition) is 3. The molecule has 4 heteroatoms. The van der Waals surface area contributed by atoms with Crippen LogP contribution in [0.2, 0.25) is 0 Å². The first kappa shape index (κ1) is 13.7. The average Bonchev–Trinajstić information content (AvgIpc) is 2.88. The van der Waals surface area contributed by atoms with Crippen LogP contribution in [0.5, 0.6) is 0 Å². The summed E-state index contributed by atoms with van der Waals surface area (Å²) in [5.74, 6) is 0.873. The molecule has 0 saturated heterocycles. The van der Waals surface area contributed by atoms with E-state index in [4.69, 9.17) is 0 Å². The minimum atomic E-state index is -0.442. The maximum atomic E-state index is 11.1. The number of ether oxygens (including phenoxy) is 1. The van der Waals surface area contributed by atoms with Gasteiger partial charge in [0.25, 0.3) is 0 Å². The maximum Gasteiger partial charge on any atom is 0.411 e. The molecule has 1 amide bonds. The first-order valence-corrected chi connectivity index (χ1v) is 6.92. The van der Waals surface area contributed by atoms with E-state index in [0.717, 1.165) is 17.3 Å². The monoisotopic (exact) mass is 262 g/mol. The molecule has 1 aromatic rings. The number of amides is 1. The first-order valence-electron chi connectivity index (χ1n) is 6.92. The van der Waals surface area contributed by atoms with Crippen molar-refractivity contribution in [2.24, 2.45) is 5.92 Å². The summed E-state index contributed by atoms with van der Waals surface area (Å²) >= 11 is 0. The molecule has 1 aliphatic carbocycles. The molecule has 0 heterocycles. The molecule has 2 rings (SSSR count). The van der Waals surface area contributed by atoms with Gasteiger partial charge in [-0.25, -0.2) is 4.79 Å². The summed E-state index contributed by atoms with van der Waals surface area (Å²) in [5.41, 5.74) is 1.85. The van der Waals surface area contributed by atoms with Crippen molar-refractivity contribution in [1.82, 2.24) is 0 Å². The summed E-state index contributed by atoms with van der Waals surface area (Å²) in [6.07, 6.45) is 4.68. The molecule has 4 nitrogen and oxygen atoms in total. The lowest BCUT2D eigenvalue weighted by atomic mass is 10.1. The van der Waals surface area contributed by atoms with Gasteiger partial charge in [-0.1, -0.05) is 13.3 Å². The summed E-state index contributed by atoms with van der Waals surface area (Å²) in [4.78, 5) is 11.1. The fraction of sp³-hybridized carbons (Fsp3) is 0.533. The van der Waals surface area contributed by atoms with E-state index in [1.54, 1.807) is 0 Å². The summed E-state index contributed by atoms with van der Waals surface area (Å²) in [7, 11) is 1.36. The third-order valence-electron chi connectivity index (χ3n) is 3.81. The molecule has 2 N–H and O–H groups in total. The Kier molecular flexibility index (Phi) is 4.66. The van der Waals surface area contributed by atoms with Crippen molar-refractivity contribution < 1.29 is 9.53 Å². The quantitative estimate of drug-likeness (QED) is 0.866. The van der Waals surface area contributed by atoms with Gasteiger partial charge in [0.05, 0.1) is 7.11 Å². The van der Waals surface area contributed by atoms with E-state index in [2.05, 4.69) is 22.3 Å². The molecule has 2 atom stereocenters. The van der Waals surface area contributed by atoms with Gasteiger partial charge in [-0.2, -0.15) is 0 Å². The standard InChI is InChI=1S/C15H22N2O2/c1-3-11-4-5-14(10-11)16-12-6-8-13(9-7-12)17-15(18)19-2/h6-9,11,14,16H,3-5,10H2,1-2H3,(H,17,18). The second kappa shape index (κ2) is 6.45. The average molecular weight is 262 g/mol. The van der Waals surface area contributed by atoms with Crippen LogP contribution in [0.3, 0.4) is 0 Å². The van der Waals surface area contributed by atoms with Gasteiger partial charge in [0, 0.05) is 17.4 Å². The number of rotatable bonds is 4. The topological polar surface area (TPSA) is 50.4 Å². The van der Waals surface area contributed by atoms with Crippen molar-refractivity contribution in [1.29, 1.82) is 0 Å². The number of methoxy groups -OCH3 is 1. The molecular formula is C15H22N2O2. The highest BCUT2D eigenvalue weighted by Gasteiger charge is 2.22. The molecule has 1 saturated carbocycles. The van der Waals surface area contributed by atoms with Crippen LogP contribution in [0.15, 0.2) is 24.3 Å². The summed E-state index contributed by atoms with van der Waals surface area (Å²) < 4.78 is 4.55. The normalized spacial score (nSPS) is 22.0. The second-order valence-electron chi connectivity index (χ2n) is 5.12. The van der Waals surface area contributed by atoms with Crippen molar-refractivity contribution in [3.8, 4) is 0 Å². The van der Waals surface area contributed by atoms with E-state index in [-0.39, 0.29) is 0 Å². The fourth-order valence-corrected chi connectivity index (χ4v) is 2.63. The Morgan fingerprint density at radius 3 is 2.53 bits per heavy atom. The number of hydrogen-bond donors (Lipinski definition) is 2. The highest BCUT2D eigenvalue weighted by molar-refractivity contribution is 5.84. The van der Waals surface area contributed by atoms with Crippen LogP contribution in [0.4, 0.5) is 16.2 Å². The highest BCUT2D eigenvalue weighted by Crippen LogP contribution is 2.30. The minimum Gasteiger partial charge on any atom is -0.453 e. The van der Waals surface area contributed by atoms with Crippen LogP contribution in [0.25, 0.3) is 0 Å². The van der Waals surface area contributed by atoms with Gasteiger partial charge in [-0.3, -0.25) is 5.32 Å². The van der Waals surface area contributed by atoms with Gasteiger partial charge < -0.3 is 10.1 Å². The van der Waals surface area contributed by atoms with E-state index in [0.29, 0.717) is 6.04 Å². The summed E-state index contributed by atoms with van der Waals surface area (Å²) in [5, 5.41) is 6.20. The van der Waals surface area contributed by atoms with Crippen molar-refractivity contribution in [2.75, 3.05) is 17.7 Å². The van der Waals surface area contributed by atoms with Crippen molar-refractivity contribution in [3.05, 3.63) is 24.3 Å². The lowest BCUT2D eigenvalue weighted by Gasteiger charge is -2.14. The molecule has 2 unspecified atom stereocenters. The van der Waals surface area contributed by atoms with E-state index in [9.17, 15) is 4.79 Å². The predicted octanol–water partition coefficient (Wildman–Crippen LogP) is 3.86. The van der Waals surface area contributed by atoms with E-state index >= 15 is 0 Å². The Balaban J connectivity index is 1.87. The smallest absolute Gasteiger partial charge is 0.411 e. The lowest BCUT2D eigenvalue weighted by Crippen LogP contribution is -2.15. The minimum absolute atomic E-state index is 0.442. The molecule has 0 bridgehead atoms. The summed E-state index contributed by atoms with van der Waals surface area (Å²) in [6, 6.07) is 8.33. The van der Waals surface area contributed by atoms with Gasteiger partial charge in [-0.05, 0) is 49.4 Å². The Morgan fingerprint density at radius 1 is 1.26 bits per heavy atom. The van der Waals surface area contributed by atoms with Gasteiger partial charge in [-0.15, -0.1) is 0 Å². The highest BCUT2D eigenvalue weighted by atomic mass is 16.5. The van der Waals surface area contributed by atoms with Crippen LogP contribution in [0, 0.1) is 5.92 Å². The second-order valence-corrected chi connectivity index (χ2v) is 5.12. The predicted molar refractivity (Wildman–Crippen MR) is 77.5 cm³/mol. The zero-order valence-corrected chi connectivity index (χ0v) is 11.6. The molecule has 1 aromatic carbocycles. The fourth-order valence-electron chi connectivity index (χ4n) is 2.63. The Labute approximate surface area is 114 Å². The molecule has 1 aliphatic rings. The third kappa shape index (κ3) is 3.88. The van der Waals surface area contributed by atoms with Crippen molar-refractivity contribution in [3.63, 3.8) is 0 Å². The van der Waals surface area contributed by atoms with E-state index in [1.807, 2.05) is 24.3 Å². The number of nitrogens with one attached hydrogen (secondary N) is 2. The Morgan fingerprint density at radius 2 is 1.95 bits per heavy atom. The molecule has 0 radical (unpaired) electrons. The van der Waals surface area contributed by atoms with Crippen LogP contribution < -0.4 is 10.6 Å². The van der Waals surface area contributed by atoms with Crippen molar-refractivity contribution in [2.45, 2.75) is 38.6 Å². The largest absolute Gasteiger partial charge is 0.453 e. The van der Waals surface area contributed by atoms with Gasteiger partial charge >= 0.3 is 6.09 Å². The molecule has 19 heavy (non-hydrogen) atoms. The van der Waals surface area contributed by atoms with Crippen LogP contribution in [-0.4, -0.2) is 19.2 Å². The third-order valence-corrected chi connectivity index (χ3v) is 3.81. The molecule has 0 aromatic heterocycles. The number of carbonyl (C=O) groups excluding carboxylic acids is 1. The van der Waals surface area contributed by atoms with Crippen LogP contribution >= 0.6 is 0 Å². The maximum absolute atomic E-state index is 11.1. The Hall–Kier alpha value is -1.71. The molecule has 0 spiro atoms. The number of anilines is 2. The first-order chi connectivity index (χ1) is 9.21. The van der Waals surface area contributed by atoms with Crippen LogP contribution in [-0.2, 0) is 4.74 Å². The van der Waals surface area contributed by atoms with Crippen molar-refractivity contribution >= 4 is 17.5 Å². The van der Waals surface area contributed by atoms with Gasteiger partial charge in [0.1, 0.15) is 0 Å². The van der Waals surface area contributed by atoms with Crippen LogP contribution in [0.1, 0.15) is 32.6 Å². The molecular weight excluding hydrogens is 240 g/mol. The molecule has 1 fully saturated rings. The van der Waals surface area contributed by atoms with E-state index < -0.39 is 6.09 Å². The number of carbonyl (C=O) groups is 1. The SMILES string of the molecule is CCC1CCC(Nc2ccc(NC(=O)OC)cc2)C1. The molecule has 104 valence electrons. The zero-order chi connectivity index (χ0) is 13.7. The number of benzene rings is 1. The van der Waals surface area contributed by atoms with Gasteiger partial charge in [0.2, 0.25) is 0 Å². The van der Waals surface area contributed by atoms with E-state index in [1.165, 1.54) is 32.8 Å². The lowest BCUT2D eigenvalue weighted by molar-refractivity contribution is 0.187. The van der Waals surface area contributed by atoms with Gasteiger partial charge in [0.15, 0.2) is 0 Å². The summed E-state index contributed by atoms with van der Waals surface area (Å²) in [6.45, 7) is 2.26. The Bertz CT molecular complexity index is 417. The molecule has 0 aliphatic heterocycles. The zero-order valence-electron chi connectivity index (χ0n) is 11.6.